The van der Waals surface area contributed by atoms with E-state index in [1.165, 1.54) is 6.07 Å². The molecule has 1 aromatic rings. The molecule has 2 aliphatic heterocycles. The van der Waals surface area contributed by atoms with Gasteiger partial charge in [-0.05, 0) is 50.3 Å². The van der Waals surface area contributed by atoms with Gasteiger partial charge in [0.15, 0.2) is 0 Å². The van der Waals surface area contributed by atoms with Crippen molar-refractivity contribution >= 4 is 17.3 Å². The number of benzene rings is 1. The summed E-state index contributed by atoms with van der Waals surface area (Å²) in [6, 6.07) is 4.95. The minimum absolute atomic E-state index is 0.0798. The summed E-state index contributed by atoms with van der Waals surface area (Å²) in [7, 11) is 0. The van der Waals surface area contributed by atoms with Gasteiger partial charge in [-0.2, -0.15) is 0 Å². The van der Waals surface area contributed by atoms with Crippen molar-refractivity contribution in [1.29, 1.82) is 0 Å². The maximum absolute atomic E-state index is 14.2. The van der Waals surface area contributed by atoms with Crippen LogP contribution in [0.5, 0.6) is 0 Å². The Morgan fingerprint density at radius 2 is 2.14 bits per heavy atom. The van der Waals surface area contributed by atoms with Crippen molar-refractivity contribution in [3.63, 3.8) is 0 Å². The fraction of sp³-hybridized carbons (Fsp3) is 0.588. The summed E-state index contributed by atoms with van der Waals surface area (Å²) in [5.74, 6) is -0.345. The van der Waals surface area contributed by atoms with E-state index >= 15 is 0 Å². The smallest absolute Gasteiger partial charge is 0.224 e. The van der Waals surface area contributed by atoms with E-state index in [4.69, 9.17) is 4.74 Å². The highest BCUT2D eigenvalue weighted by Crippen LogP contribution is 2.26. The van der Waals surface area contributed by atoms with E-state index in [1.807, 2.05) is 0 Å². The van der Waals surface area contributed by atoms with Gasteiger partial charge in [-0.1, -0.05) is 0 Å². The monoisotopic (exact) mass is 306 g/mol. The Morgan fingerprint density at radius 1 is 1.32 bits per heavy atom. The molecule has 0 aromatic heterocycles. The van der Waals surface area contributed by atoms with Crippen molar-refractivity contribution < 1.29 is 13.9 Å². The summed E-state index contributed by atoms with van der Waals surface area (Å²) >= 11 is 0. The fourth-order valence-corrected chi connectivity index (χ4v) is 3.19. The number of carbonyl (C=O) groups excluding carboxylic acids is 1. The van der Waals surface area contributed by atoms with Crippen LogP contribution in [0.25, 0.3) is 0 Å². The summed E-state index contributed by atoms with van der Waals surface area (Å²) in [6.07, 6.45) is 5.70. The summed E-state index contributed by atoms with van der Waals surface area (Å²) in [6.45, 7) is 2.61. The second-order valence-corrected chi connectivity index (χ2v) is 6.08. The van der Waals surface area contributed by atoms with Crippen LogP contribution < -0.4 is 10.2 Å². The number of amides is 1. The third kappa shape index (κ3) is 3.77. The molecular weight excluding hydrogens is 283 g/mol. The van der Waals surface area contributed by atoms with Gasteiger partial charge in [-0.25, -0.2) is 4.39 Å². The average molecular weight is 306 g/mol. The standard InChI is InChI=1S/C17H23FN2O2/c18-15-12-13(5-7-16(15)20-9-1-2-10-20)19-17(21)8-6-14-4-3-11-22-14/h5,7,12,14H,1-4,6,8-11H2,(H,19,21). The van der Waals surface area contributed by atoms with Gasteiger partial charge in [-0.3, -0.25) is 4.79 Å². The van der Waals surface area contributed by atoms with Crippen LogP contribution in [0.4, 0.5) is 15.8 Å². The number of anilines is 2. The number of carbonyl (C=O) groups is 1. The Balaban J connectivity index is 1.53. The molecule has 2 saturated heterocycles. The van der Waals surface area contributed by atoms with E-state index < -0.39 is 0 Å². The third-order valence-corrected chi connectivity index (χ3v) is 4.40. The molecule has 2 fully saturated rings. The molecule has 1 amide bonds. The molecule has 2 heterocycles. The van der Waals surface area contributed by atoms with Crippen LogP contribution in [0.2, 0.25) is 0 Å². The first-order valence-electron chi connectivity index (χ1n) is 8.18. The van der Waals surface area contributed by atoms with Crippen molar-refractivity contribution in [1.82, 2.24) is 0 Å². The van der Waals surface area contributed by atoms with E-state index in [1.54, 1.807) is 12.1 Å². The molecule has 0 saturated carbocycles. The maximum Gasteiger partial charge on any atom is 0.224 e. The van der Waals surface area contributed by atoms with Crippen LogP contribution in [-0.2, 0) is 9.53 Å². The molecule has 1 unspecified atom stereocenters. The lowest BCUT2D eigenvalue weighted by molar-refractivity contribution is -0.116. The highest BCUT2D eigenvalue weighted by molar-refractivity contribution is 5.90. The number of halogens is 1. The summed E-state index contributed by atoms with van der Waals surface area (Å²) in [4.78, 5) is 14.0. The summed E-state index contributed by atoms with van der Waals surface area (Å²) < 4.78 is 19.7. The van der Waals surface area contributed by atoms with E-state index in [-0.39, 0.29) is 17.8 Å². The van der Waals surface area contributed by atoms with Crippen molar-refractivity contribution in [3.8, 4) is 0 Å². The molecule has 0 bridgehead atoms. The number of hydrogen-bond donors (Lipinski definition) is 1. The van der Waals surface area contributed by atoms with E-state index in [0.29, 0.717) is 17.8 Å². The quantitative estimate of drug-likeness (QED) is 0.907. The van der Waals surface area contributed by atoms with Gasteiger partial charge < -0.3 is 15.0 Å². The lowest BCUT2D eigenvalue weighted by Gasteiger charge is -2.19. The number of nitrogens with one attached hydrogen (secondary N) is 1. The largest absolute Gasteiger partial charge is 0.378 e. The molecule has 22 heavy (non-hydrogen) atoms. The van der Waals surface area contributed by atoms with Crippen LogP contribution in [-0.4, -0.2) is 31.7 Å². The first-order valence-corrected chi connectivity index (χ1v) is 8.18. The van der Waals surface area contributed by atoms with Crippen LogP contribution in [0.15, 0.2) is 18.2 Å². The predicted molar refractivity (Wildman–Crippen MR) is 84.7 cm³/mol. The Kier molecular flexibility index (Phi) is 4.93. The minimum atomic E-state index is -0.265. The second kappa shape index (κ2) is 7.09. The van der Waals surface area contributed by atoms with Crippen LogP contribution in [0.3, 0.4) is 0 Å². The minimum Gasteiger partial charge on any atom is -0.378 e. The molecule has 2 aliphatic rings. The van der Waals surface area contributed by atoms with Gasteiger partial charge in [0.1, 0.15) is 5.82 Å². The van der Waals surface area contributed by atoms with Crippen molar-refractivity contribution in [3.05, 3.63) is 24.0 Å². The Bertz CT molecular complexity index is 523. The molecule has 0 aliphatic carbocycles. The van der Waals surface area contributed by atoms with Crippen molar-refractivity contribution in [2.75, 3.05) is 29.9 Å². The lowest BCUT2D eigenvalue weighted by atomic mass is 10.1. The van der Waals surface area contributed by atoms with Crippen LogP contribution in [0, 0.1) is 5.82 Å². The first kappa shape index (κ1) is 15.3. The van der Waals surface area contributed by atoms with Gasteiger partial charge in [0, 0.05) is 31.8 Å². The van der Waals surface area contributed by atoms with Crippen LogP contribution >= 0.6 is 0 Å². The molecule has 4 nitrogen and oxygen atoms in total. The predicted octanol–water partition coefficient (Wildman–Crippen LogP) is 3.32. The Labute approximate surface area is 130 Å². The van der Waals surface area contributed by atoms with Gasteiger partial charge in [0.2, 0.25) is 5.91 Å². The zero-order chi connectivity index (χ0) is 15.4. The zero-order valence-corrected chi connectivity index (χ0v) is 12.8. The van der Waals surface area contributed by atoms with E-state index in [9.17, 15) is 9.18 Å². The van der Waals surface area contributed by atoms with E-state index in [2.05, 4.69) is 10.2 Å². The molecule has 120 valence electrons. The van der Waals surface area contributed by atoms with Gasteiger partial charge in [0.05, 0.1) is 11.8 Å². The second-order valence-electron chi connectivity index (χ2n) is 6.08. The normalized spacial score (nSPS) is 21.3. The van der Waals surface area contributed by atoms with Crippen molar-refractivity contribution in [2.45, 2.75) is 44.6 Å². The first-order chi connectivity index (χ1) is 10.7. The third-order valence-electron chi connectivity index (χ3n) is 4.40. The maximum atomic E-state index is 14.2. The topological polar surface area (TPSA) is 41.6 Å². The summed E-state index contributed by atoms with van der Waals surface area (Å²) in [5, 5.41) is 2.77. The number of hydrogen-bond acceptors (Lipinski definition) is 3. The number of nitrogens with zero attached hydrogens (tertiary/aromatic N) is 1. The Morgan fingerprint density at radius 3 is 2.82 bits per heavy atom. The molecule has 3 rings (SSSR count). The highest BCUT2D eigenvalue weighted by Gasteiger charge is 2.18. The number of rotatable bonds is 5. The summed E-state index contributed by atoms with van der Waals surface area (Å²) in [5.41, 5.74) is 1.16. The number of ether oxygens (including phenoxy) is 1. The zero-order valence-electron chi connectivity index (χ0n) is 12.8. The van der Waals surface area contributed by atoms with Gasteiger partial charge in [0.25, 0.3) is 0 Å². The fourth-order valence-electron chi connectivity index (χ4n) is 3.19. The molecule has 0 spiro atoms. The molecule has 1 atom stereocenters. The van der Waals surface area contributed by atoms with Crippen molar-refractivity contribution in [2.24, 2.45) is 0 Å². The molecule has 5 heteroatoms. The molecule has 1 N–H and O–H groups in total. The lowest BCUT2D eigenvalue weighted by Crippen LogP contribution is -2.19. The highest BCUT2D eigenvalue weighted by atomic mass is 19.1. The Hall–Kier alpha value is -1.62. The average Bonchev–Trinajstić information content (AvgIpc) is 3.19. The van der Waals surface area contributed by atoms with E-state index in [0.717, 1.165) is 51.8 Å². The molecular formula is C17H23FN2O2. The van der Waals surface area contributed by atoms with Crippen LogP contribution in [0.1, 0.15) is 38.5 Å². The molecule has 1 aromatic carbocycles. The SMILES string of the molecule is O=C(CCC1CCCO1)Nc1ccc(N2CCCC2)c(F)c1. The molecule has 0 radical (unpaired) electrons. The van der Waals surface area contributed by atoms with Gasteiger partial charge >= 0.3 is 0 Å². The van der Waals surface area contributed by atoms with Gasteiger partial charge in [-0.15, -0.1) is 0 Å².